The first kappa shape index (κ1) is 14.2. The lowest BCUT2D eigenvalue weighted by molar-refractivity contribution is 0.0697. The van der Waals surface area contributed by atoms with Crippen molar-refractivity contribution in [3.05, 3.63) is 35.4 Å². The molecule has 102 valence electrons. The SMILES string of the molecule is C[C@H]1CC[C@@H](C#CC#Cc2ccc(C(=O)O)cc2)CC1. The normalized spacial score (nSPS) is 21.1. The molecule has 0 atom stereocenters. The van der Waals surface area contributed by atoms with E-state index in [2.05, 4.69) is 30.6 Å². The van der Waals surface area contributed by atoms with Crippen LogP contribution in [0.5, 0.6) is 0 Å². The summed E-state index contributed by atoms with van der Waals surface area (Å²) in [6.45, 7) is 2.30. The van der Waals surface area contributed by atoms with E-state index in [0.717, 1.165) is 11.5 Å². The molecule has 2 heteroatoms. The quantitative estimate of drug-likeness (QED) is 0.789. The summed E-state index contributed by atoms with van der Waals surface area (Å²) in [6.07, 6.45) is 4.90. The molecule has 0 radical (unpaired) electrons. The maximum atomic E-state index is 10.7. The molecule has 1 aliphatic rings. The third kappa shape index (κ3) is 4.18. The van der Waals surface area contributed by atoms with Crippen LogP contribution < -0.4 is 0 Å². The molecule has 1 aromatic rings. The van der Waals surface area contributed by atoms with Gasteiger partial charge in [-0.2, -0.15) is 0 Å². The van der Waals surface area contributed by atoms with Crippen LogP contribution in [-0.2, 0) is 0 Å². The highest BCUT2D eigenvalue weighted by Crippen LogP contribution is 2.27. The molecule has 2 rings (SSSR count). The molecule has 1 fully saturated rings. The number of benzene rings is 1. The fourth-order valence-electron chi connectivity index (χ4n) is 2.34. The van der Waals surface area contributed by atoms with E-state index in [4.69, 9.17) is 5.11 Å². The number of rotatable bonds is 1. The minimum atomic E-state index is -0.921. The third-order valence-electron chi connectivity index (χ3n) is 3.69. The maximum absolute atomic E-state index is 10.7. The van der Waals surface area contributed by atoms with Gasteiger partial charge in [0.2, 0.25) is 0 Å². The molecule has 1 N–H and O–H groups in total. The summed E-state index contributed by atoms with van der Waals surface area (Å²) in [5.74, 6) is 12.4. The predicted octanol–water partition coefficient (Wildman–Crippen LogP) is 3.57. The van der Waals surface area contributed by atoms with Crippen molar-refractivity contribution < 1.29 is 9.90 Å². The van der Waals surface area contributed by atoms with E-state index in [9.17, 15) is 4.79 Å². The largest absolute Gasteiger partial charge is 0.478 e. The predicted molar refractivity (Wildman–Crippen MR) is 79.2 cm³/mol. The van der Waals surface area contributed by atoms with Crippen molar-refractivity contribution in [2.75, 3.05) is 0 Å². The van der Waals surface area contributed by atoms with E-state index in [1.807, 2.05) is 0 Å². The first-order valence-electron chi connectivity index (χ1n) is 7.00. The zero-order valence-corrected chi connectivity index (χ0v) is 11.6. The van der Waals surface area contributed by atoms with Crippen LogP contribution in [0.25, 0.3) is 0 Å². The second kappa shape index (κ2) is 6.83. The Balaban J connectivity index is 1.93. The van der Waals surface area contributed by atoms with Crippen molar-refractivity contribution >= 4 is 5.97 Å². The molecule has 20 heavy (non-hydrogen) atoms. The van der Waals surface area contributed by atoms with Gasteiger partial charge in [-0.25, -0.2) is 4.79 Å². The molecule has 0 heterocycles. The Labute approximate surface area is 120 Å². The molecule has 2 nitrogen and oxygen atoms in total. The van der Waals surface area contributed by atoms with Crippen molar-refractivity contribution in [1.82, 2.24) is 0 Å². The van der Waals surface area contributed by atoms with Crippen molar-refractivity contribution in [3.63, 3.8) is 0 Å². The smallest absolute Gasteiger partial charge is 0.335 e. The molecule has 0 spiro atoms. The van der Waals surface area contributed by atoms with Crippen LogP contribution in [0.4, 0.5) is 0 Å². The Morgan fingerprint density at radius 3 is 2.35 bits per heavy atom. The summed E-state index contributed by atoms with van der Waals surface area (Å²) < 4.78 is 0. The number of hydrogen-bond acceptors (Lipinski definition) is 1. The number of aromatic carboxylic acids is 1. The monoisotopic (exact) mass is 266 g/mol. The van der Waals surface area contributed by atoms with E-state index in [1.54, 1.807) is 24.3 Å². The molecule has 0 aromatic heterocycles. The van der Waals surface area contributed by atoms with E-state index >= 15 is 0 Å². The Bertz CT molecular complexity index is 582. The van der Waals surface area contributed by atoms with Crippen LogP contribution in [0.15, 0.2) is 24.3 Å². The number of hydrogen-bond donors (Lipinski definition) is 1. The second-order valence-corrected chi connectivity index (χ2v) is 5.36. The Kier molecular flexibility index (Phi) is 4.85. The van der Waals surface area contributed by atoms with E-state index in [0.29, 0.717) is 5.92 Å². The van der Waals surface area contributed by atoms with E-state index < -0.39 is 5.97 Å². The molecular weight excluding hydrogens is 248 g/mol. The topological polar surface area (TPSA) is 37.3 Å². The van der Waals surface area contributed by atoms with Crippen LogP contribution in [0.2, 0.25) is 0 Å². The zero-order chi connectivity index (χ0) is 14.4. The minimum Gasteiger partial charge on any atom is -0.478 e. The number of carboxylic acids is 1. The van der Waals surface area contributed by atoms with Gasteiger partial charge in [-0.1, -0.05) is 18.8 Å². The molecule has 1 saturated carbocycles. The highest BCUT2D eigenvalue weighted by molar-refractivity contribution is 5.87. The van der Waals surface area contributed by atoms with Gasteiger partial charge in [0.15, 0.2) is 0 Å². The van der Waals surface area contributed by atoms with Crippen molar-refractivity contribution in [2.45, 2.75) is 32.6 Å². The summed E-state index contributed by atoms with van der Waals surface area (Å²) in [6, 6.07) is 6.53. The van der Waals surface area contributed by atoms with Crippen LogP contribution in [0.3, 0.4) is 0 Å². The number of carboxylic acid groups (broad SMARTS) is 1. The molecule has 0 aliphatic heterocycles. The fourth-order valence-corrected chi connectivity index (χ4v) is 2.34. The average Bonchev–Trinajstić information content (AvgIpc) is 2.46. The zero-order valence-electron chi connectivity index (χ0n) is 11.6. The fraction of sp³-hybridized carbons (Fsp3) is 0.389. The first-order chi connectivity index (χ1) is 9.65. The summed E-state index contributed by atoms with van der Waals surface area (Å²) in [5, 5.41) is 8.79. The minimum absolute atomic E-state index is 0.276. The van der Waals surface area contributed by atoms with Crippen molar-refractivity contribution in [2.24, 2.45) is 11.8 Å². The van der Waals surface area contributed by atoms with Crippen molar-refractivity contribution in [1.29, 1.82) is 0 Å². The van der Waals surface area contributed by atoms with E-state index in [-0.39, 0.29) is 5.56 Å². The van der Waals surface area contributed by atoms with Crippen LogP contribution in [-0.4, -0.2) is 11.1 Å². The van der Waals surface area contributed by atoms with Crippen LogP contribution >= 0.6 is 0 Å². The van der Waals surface area contributed by atoms with Gasteiger partial charge in [0.25, 0.3) is 0 Å². The Morgan fingerprint density at radius 2 is 1.75 bits per heavy atom. The standard InChI is InChI=1S/C18H18O2/c1-14-6-8-15(9-7-14)4-2-3-5-16-10-12-17(13-11-16)18(19)20/h10-15H,6-9H2,1H3,(H,19,20)/t14-,15+. The van der Waals surface area contributed by atoms with Gasteiger partial charge in [0, 0.05) is 11.5 Å². The van der Waals surface area contributed by atoms with Crippen LogP contribution in [0, 0.1) is 35.5 Å². The lowest BCUT2D eigenvalue weighted by Gasteiger charge is -2.21. The maximum Gasteiger partial charge on any atom is 0.335 e. The molecule has 0 saturated heterocycles. The van der Waals surface area contributed by atoms with Gasteiger partial charge in [-0.15, -0.1) is 0 Å². The average molecular weight is 266 g/mol. The lowest BCUT2D eigenvalue weighted by Crippen LogP contribution is -2.10. The highest BCUT2D eigenvalue weighted by Gasteiger charge is 2.15. The summed E-state index contributed by atoms with van der Waals surface area (Å²) in [5.41, 5.74) is 1.07. The molecule has 0 amide bonds. The highest BCUT2D eigenvalue weighted by atomic mass is 16.4. The van der Waals surface area contributed by atoms with Gasteiger partial charge in [-0.05, 0) is 67.7 Å². The molecule has 1 aromatic carbocycles. The molecular formula is C18H18O2. The van der Waals surface area contributed by atoms with Gasteiger partial charge in [-0.3, -0.25) is 0 Å². The first-order valence-corrected chi connectivity index (χ1v) is 7.00. The molecule has 1 aliphatic carbocycles. The van der Waals surface area contributed by atoms with E-state index in [1.165, 1.54) is 25.7 Å². The molecule has 0 unspecified atom stereocenters. The molecule has 0 bridgehead atoms. The van der Waals surface area contributed by atoms with Gasteiger partial charge < -0.3 is 5.11 Å². The van der Waals surface area contributed by atoms with Gasteiger partial charge >= 0.3 is 5.97 Å². The second-order valence-electron chi connectivity index (χ2n) is 5.36. The van der Waals surface area contributed by atoms with Crippen molar-refractivity contribution in [3.8, 4) is 23.7 Å². The number of carbonyl (C=O) groups is 1. The van der Waals surface area contributed by atoms with Gasteiger partial charge in [0.05, 0.1) is 5.56 Å². The Hall–Kier alpha value is -2.19. The lowest BCUT2D eigenvalue weighted by atomic mass is 9.83. The van der Waals surface area contributed by atoms with Gasteiger partial charge in [0.1, 0.15) is 0 Å². The summed E-state index contributed by atoms with van der Waals surface area (Å²) >= 11 is 0. The summed E-state index contributed by atoms with van der Waals surface area (Å²) in [7, 11) is 0. The van der Waals surface area contributed by atoms with Crippen LogP contribution in [0.1, 0.15) is 48.5 Å². The summed E-state index contributed by atoms with van der Waals surface area (Å²) in [4.78, 5) is 10.7. The third-order valence-corrected chi connectivity index (χ3v) is 3.69. The Morgan fingerprint density at radius 1 is 1.10 bits per heavy atom.